The number of hydrogen-bond donors (Lipinski definition) is 2. The number of ether oxygens (including phenoxy) is 3. The van der Waals surface area contributed by atoms with E-state index in [0.29, 0.717) is 31.3 Å². The second-order valence-electron chi connectivity index (χ2n) is 13.9. The van der Waals surface area contributed by atoms with E-state index < -0.39 is 28.5 Å². The average Bonchev–Trinajstić information content (AvgIpc) is 3.12. The van der Waals surface area contributed by atoms with Gasteiger partial charge in [0.25, 0.3) is 0 Å². The van der Waals surface area contributed by atoms with Gasteiger partial charge in [-0.1, -0.05) is 20.8 Å². The van der Waals surface area contributed by atoms with Crippen LogP contribution < -0.4 is 0 Å². The van der Waals surface area contributed by atoms with E-state index >= 15 is 0 Å². The van der Waals surface area contributed by atoms with Gasteiger partial charge in [-0.15, -0.1) is 0 Å². The van der Waals surface area contributed by atoms with Gasteiger partial charge in [0.05, 0.1) is 17.6 Å². The van der Waals surface area contributed by atoms with Gasteiger partial charge in [0, 0.05) is 38.0 Å². The van der Waals surface area contributed by atoms with E-state index in [-0.39, 0.29) is 47.4 Å². The Labute approximate surface area is 214 Å². The van der Waals surface area contributed by atoms with Crippen LogP contribution in [0.1, 0.15) is 92.4 Å². The molecule has 0 bridgehead atoms. The number of carbonyl (C=O) groups excluding carboxylic acids is 2. The van der Waals surface area contributed by atoms with Crippen LogP contribution >= 0.6 is 0 Å². The summed E-state index contributed by atoms with van der Waals surface area (Å²) in [7, 11) is 0. The molecule has 36 heavy (non-hydrogen) atoms. The number of ketones is 1. The van der Waals surface area contributed by atoms with Gasteiger partial charge in [0.1, 0.15) is 11.9 Å². The molecule has 0 aromatic carbocycles. The maximum atomic E-state index is 14.2. The van der Waals surface area contributed by atoms with Gasteiger partial charge in [0.2, 0.25) is 0 Å². The fraction of sp³-hybridized carbons (Fsp3) is 0.931. The Hall–Kier alpha value is -1.02. The summed E-state index contributed by atoms with van der Waals surface area (Å²) in [4.78, 5) is 25.8. The predicted molar refractivity (Wildman–Crippen MR) is 130 cm³/mol. The van der Waals surface area contributed by atoms with Crippen LogP contribution in [0.4, 0.5) is 0 Å². The molecule has 6 aliphatic rings. The van der Waals surface area contributed by atoms with Crippen LogP contribution in [0.3, 0.4) is 0 Å². The highest BCUT2D eigenvalue weighted by molar-refractivity contribution is 5.88. The van der Waals surface area contributed by atoms with E-state index in [9.17, 15) is 19.8 Å². The minimum absolute atomic E-state index is 0.0542. The van der Waals surface area contributed by atoms with Crippen molar-refractivity contribution in [2.24, 2.45) is 46.3 Å². The molecule has 6 rings (SSSR count). The predicted octanol–water partition coefficient (Wildman–Crippen LogP) is 3.98. The number of Topliss-reactive ketones (excluding diaryl/α,β-unsaturated/α-hetero) is 1. The smallest absolute Gasteiger partial charge is 0.302 e. The number of hydrogen-bond acceptors (Lipinski definition) is 7. The second-order valence-corrected chi connectivity index (χ2v) is 13.9. The molecule has 2 saturated heterocycles. The van der Waals surface area contributed by atoms with Gasteiger partial charge in [-0.25, -0.2) is 0 Å². The molecule has 4 aliphatic carbocycles. The number of aliphatic hydroxyl groups is 2. The minimum atomic E-state index is -1.57. The van der Waals surface area contributed by atoms with Crippen molar-refractivity contribution in [3.63, 3.8) is 0 Å². The molecule has 7 nitrogen and oxygen atoms in total. The molecular weight excluding hydrogens is 460 g/mol. The molecule has 202 valence electrons. The summed E-state index contributed by atoms with van der Waals surface area (Å²) >= 11 is 0. The van der Waals surface area contributed by atoms with Crippen molar-refractivity contribution in [3.8, 4) is 0 Å². The Kier molecular flexibility index (Phi) is 5.45. The third kappa shape index (κ3) is 3.06. The van der Waals surface area contributed by atoms with Gasteiger partial charge < -0.3 is 24.4 Å². The van der Waals surface area contributed by atoms with Crippen molar-refractivity contribution in [1.82, 2.24) is 0 Å². The SMILES string of the molecule is CC(=O)O[C@H]1CC[C@@]2(C)[C@@H](CC[C@@H]3[C@@H]2CC(=O)[C@]2(C)[C@H]4[C@H](C)[C@@]5(CC[C@@H](C)CO5)O[C@@]4(O)C[C@]32O)C1. The summed E-state index contributed by atoms with van der Waals surface area (Å²) in [6.45, 7) is 10.4. The maximum Gasteiger partial charge on any atom is 0.302 e. The van der Waals surface area contributed by atoms with E-state index in [4.69, 9.17) is 14.2 Å². The standard InChI is InChI=1S/C29H44O7/c1-16-8-11-29(34-14-16)17(2)24-26(5)23(31)13-22-21(27(26,32)15-28(24,33)36-29)7-6-19-12-20(35-18(3)30)9-10-25(19,22)4/h16-17,19-22,24,32-33H,6-15H2,1-5H3/t16-,17+,19+,20+,21-,22+,24-,25+,26-,27+,28+,29-/m1/s1. The molecule has 0 amide bonds. The zero-order valence-corrected chi connectivity index (χ0v) is 22.5. The van der Waals surface area contributed by atoms with Crippen LogP contribution in [-0.2, 0) is 23.8 Å². The van der Waals surface area contributed by atoms with E-state index in [1.807, 2.05) is 13.8 Å². The first-order valence-electron chi connectivity index (χ1n) is 14.3. The molecule has 7 heteroatoms. The summed E-state index contributed by atoms with van der Waals surface area (Å²) in [6.07, 6.45) is 6.35. The Balaban J connectivity index is 1.32. The first-order chi connectivity index (χ1) is 16.8. The number of rotatable bonds is 1. The fourth-order valence-corrected chi connectivity index (χ4v) is 10.4. The van der Waals surface area contributed by atoms with Gasteiger partial charge >= 0.3 is 5.97 Å². The van der Waals surface area contributed by atoms with Gasteiger partial charge in [-0.2, -0.15) is 0 Å². The molecule has 2 heterocycles. The third-order valence-corrected chi connectivity index (χ3v) is 12.2. The van der Waals surface area contributed by atoms with Crippen LogP contribution in [0.25, 0.3) is 0 Å². The normalized spacial score (nSPS) is 58.1. The maximum absolute atomic E-state index is 14.2. The fourth-order valence-electron chi connectivity index (χ4n) is 10.4. The lowest BCUT2D eigenvalue weighted by Crippen LogP contribution is -2.66. The summed E-state index contributed by atoms with van der Waals surface area (Å²) in [5, 5.41) is 24.6. The summed E-state index contributed by atoms with van der Waals surface area (Å²) in [5.74, 6) is -2.53. The second kappa shape index (κ2) is 7.77. The van der Waals surface area contributed by atoms with Crippen LogP contribution in [0.15, 0.2) is 0 Å². The third-order valence-electron chi connectivity index (χ3n) is 12.2. The largest absolute Gasteiger partial charge is 0.463 e. The monoisotopic (exact) mass is 504 g/mol. The number of fused-ring (bicyclic) bond motifs is 7. The molecule has 0 radical (unpaired) electrons. The van der Waals surface area contributed by atoms with Crippen molar-refractivity contribution in [3.05, 3.63) is 0 Å². The highest BCUT2D eigenvalue weighted by Gasteiger charge is 2.82. The van der Waals surface area contributed by atoms with Crippen LogP contribution in [0.2, 0.25) is 0 Å². The molecule has 0 unspecified atom stereocenters. The first-order valence-corrected chi connectivity index (χ1v) is 14.3. The average molecular weight is 505 g/mol. The molecule has 2 N–H and O–H groups in total. The van der Waals surface area contributed by atoms with Crippen LogP contribution in [0.5, 0.6) is 0 Å². The van der Waals surface area contributed by atoms with Crippen molar-refractivity contribution in [2.45, 2.75) is 116 Å². The van der Waals surface area contributed by atoms with Crippen molar-refractivity contribution in [2.75, 3.05) is 6.61 Å². The molecule has 2 aliphatic heterocycles. The van der Waals surface area contributed by atoms with E-state index in [2.05, 4.69) is 13.8 Å². The Morgan fingerprint density at radius 2 is 1.81 bits per heavy atom. The van der Waals surface area contributed by atoms with Crippen LogP contribution in [0, 0.1) is 46.3 Å². The molecule has 1 spiro atoms. The van der Waals surface area contributed by atoms with Gasteiger partial charge in [0.15, 0.2) is 11.6 Å². The summed E-state index contributed by atoms with van der Waals surface area (Å²) in [5.41, 5.74) is -2.48. The molecular formula is C29H44O7. The van der Waals surface area contributed by atoms with E-state index in [1.54, 1.807) is 0 Å². The zero-order chi connectivity index (χ0) is 25.9. The summed E-state index contributed by atoms with van der Waals surface area (Å²) in [6, 6.07) is 0. The Morgan fingerprint density at radius 1 is 1.06 bits per heavy atom. The quantitative estimate of drug-likeness (QED) is 0.521. The summed E-state index contributed by atoms with van der Waals surface area (Å²) < 4.78 is 18.3. The highest BCUT2D eigenvalue weighted by atomic mass is 16.8. The van der Waals surface area contributed by atoms with Crippen molar-refractivity contribution >= 4 is 11.8 Å². The van der Waals surface area contributed by atoms with Crippen LogP contribution in [-0.4, -0.2) is 51.9 Å². The van der Waals surface area contributed by atoms with E-state index in [1.165, 1.54) is 6.92 Å². The Morgan fingerprint density at radius 3 is 2.47 bits per heavy atom. The van der Waals surface area contributed by atoms with Gasteiger partial charge in [-0.3, -0.25) is 9.59 Å². The Bertz CT molecular complexity index is 957. The molecule has 0 aromatic heterocycles. The molecule has 4 saturated carbocycles. The number of esters is 1. The topological polar surface area (TPSA) is 102 Å². The van der Waals surface area contributed by atoms with Crippen molar-refractivity contribution in [1.29, 1.82) is 0 Å². The molecule has 12 atom stereocenters. The van der Waals surface area contributed by atoms with Gasteiger partial charge in [-0.05, 0) is 74.5 Å². The minimum Gasteiger partial charge on any atom is -0.463 e. The lowest BCUT2D eigenvalue weighted by atomic mass is 9.42. The highest BCUT2D eigenvalue weighted by Crippen LogP contribution is 2.74. The van der Waals surface area contributed by atoms with Crippen molar-refractivity contribution < 1.29 is 34.0 Å². The lowest BCUT2D eigenvalue weighted by molar-refractivity contribution is -0.335. The zero-order valence-electron chi connectivity index (χ0n) is 22.5. The molecule has 0 aromatic rings. The van der Waals surface area contributed by atoms with E-state index in [0.717, 1.165) is 38.5 Å². The lowest BCUT2D eigenvalue weighted by Gasteiger charge is -2.63. The first kappa shape index (κ1) is 25.3. The molecule has 6 fully saturated rings. The number of carbonyl (C=O) groups is 2.